The summed E-state index contributed by atoms with van der Waals surface area (Å²) >= 11 is 0. The highest BCUT2D eigenvalue weighted by Gasteiger charge is 2.21. The minimum absolute atomic E-state index is 0.110. The molecule has 1 aliphatic heterocycles. The number of urea groups is 1. The van der Waals surface area contributed by atoms with E-state index in [0.29, 0.717) is 63.6 Å². The van der Waals surface area contributed by atoms with Crippen molar-refractivity contribution in [2.75, 3.05) is 44.8 Å². The van der Waals surface area contributed by atoms with Gasteiger partial charge in [-0.05, 0) is 36.5 Å². The SMILES string of the molecule is C[C@@H]1CCCC[C@@H]1OCCNC(=O)Nc1ccc(CC(=O)N2CCOCC2)cc1. The second kappa shape index (κ2) is 11.2. The Labute approximate surface area is 173 Å². The van der Waals surface area contributed by atoms with Gasteiger partial charge in [-0.2, -0.15) is 0 Å². The van der Waals surface area contributed by atoms with E-state index in [1.807, 2.05) is 29.2 Å². The Balaban J connectivity index is 1.34. The van der Waals surface area contributed by atoms with Gasteiger partial charge in [0, 0.05) is 25.3 Å². The number of ether oxygens (including phenoxy) is 2. The van der Waals surface area contributed by atoms with Gasteiger partial charge in [0.05, 0.1) is 32.3 Å². The minimum Gasteiger partial charge on any atom is -0.378 e. The van der Waals surface area contributed by atoms with Gasteiger partial charge in [-0.1, -0.05) is 31.9 Å². The molecule has 0 bridgehead atoms. The average Bonchev–Trinajstić information content (AvgIpc) is 2.74. The lowest BCUT2D eigenvalue weighted by Crippen LogP contribution is -2.41. The number of benzene rings is 1. The smallest absolute Gasteiger partial charge is 0.319 e. The summed E-state index contributed by atoms with van der Waals surface area (Å²) in [6.45, 7) is 5.78. The van der Waals surface area contributed by atoms with E-state index in [0.717, 1.165) is 12.0 Å². The van der Waals surface area contributed by atoms with Crippen molar-refractivity contribution < 1.29 is 19.1 Å². The lowest BCUT2D eigenvalue weighted by Gasteiger charge is -2.28. The van der Waals surface area contributed by atoms with Crippen LogP contribution in [0, 0.1) is 5.92 Å². The maximum absolute atomic E-state index is 12.3. The Bertz CT molecular complexity index is 659. The molecule has 7 nitrogen and oxygen atoms in total. The Hall–Kier alpha value is -2.12. The number of rotatable bonds is 7. The molecule has 0 spiro atoms. The van der Waals surface area contributed by atoms with Crippen LogP contribution in [0.2, 0.25) is 0 Å². The zero-order valence-corrected chi connectivity index (χ0v) is 17.3. The first-order chi connectivity index (χ1) is 14.1. The molecule has 3 rings (SSSR count). The van der Waals surface area contributed by atoms with Gasteiger partial charge in [0.15, 0.2) is 0 Å². The number of morpholine rings is 1. The monoisotopic (exact) mass is 403 g/mol. The lowest BCUT2D eigenvalue weighted by atomic mass is 9.88. The first-order valence-electron chi connectivity index (χ1n) is 10.7. The number of nitrogens with zero attached hydrogens (tertiary/aromatic N) is 1. The summed E-state index contributed by atoms with van der Waals surface area (Å²) in [7, 11) is 0. The fraction of sp³-hybridized carbons (Fsp3) is 0.636. The molecule has 0 aromatic heterocycles. The third-order valence-corrected chi connectivity index (χ3v) is 5.68. The van der Waals surface area contributed by atoms with E-state index in [4.69, 9.17) is 9.47 Å². The predicted molar refractivity (Wildman–Crippen MR) is 112 cm³/mol. The third-order valence-electron chi connectivity index (χ3n) is 5.68. The third kappa shape index (κ3) is 7.01. The van der Waals surface area contributed by atoms with E-state index in [-0.39, 0.29) is 11.9 Å². The number of carbonyl (C=O) groups excluding carboxylic acids is 2. The van der Waals surface area contributed by atoms with Crippen molar-refractivity contribution in [3.63, 3.8) is 0 Å². The summed E-state index contributed by atoms with van der Waals surface area (Å²) < 4.78 is 11.2. The first-order valence-corrected chi connectivity index (χ1v) is 10.7. The highest BCUT2D eigenvalue weighted by molar-refractivity contribution is 5.89. The van der Waals surface area contributed by atoms with Gasteiger partial charge in [-0.25, -0.2) is 4.79 Å². The molecule has 2 N–H and O–H groups in total. The second-order valence-electron chi connectivity index (χ2n) is 7.92. The summed E-state index contributed by atoms with van der Waals surface area (Å²) in [6.07, 6.45) is 5.56. The molecule has 3 amide bonds. The van der Waals surface area contributed by atoms with Gasteiger partial charge in [-0.15, -0.1) is 0 Å². The van der Waals surface area contributed by atoms with Crippen LogP contribution in [0.5, 0.6) is 0 Å². The predicted octanol–water partition coefficient (Wildman–Crippen LogP) is 2.80. The van der Waals surface area contributed by atoms with Crippen LogP contribution in [0.15, 0.2) is 24.3 Å². The van der Waals surface area contributed by atoms with Crippen LogP contribution in [0.25, 0.3) is 0 Å². The van der Waals surface area contributed by atoms with Crippen molar-refractivity contribution in [3.8, 4) is 0 Å². The Morgan fingerprint density at radius 1 is 1.14 bits per heavy atom. The first kappa shape index (κ1) is 21.6. The van der Waals surface area contributed by atoms with Gasteiger partial charge in [0.25, 0.3) is 0 Å². The fourth-order valence-electron chi connectivity index (χ4n) is 3.89. The van der Waals surface area contributed by atoms with Crippen molar-refractivity contribution in [1.82, 2.24) is 10.2 Å². The molecule has 2 atom stereocenters. The van der Waals surface area contributed by atoms with Crippen LogP contribution in [0.4, 0.5) is 10.5 Å². The summed E-state index contributed by atoms with van der Waals surface area (Å²) in [5.74, 6) is 0.713. The quantitative estimate of drug-likeness (QED) is 0.686. The highest BCUT2D eigenvalue weighted by atomic mass is 16.5. The Morgan fingerprint density at radius 2 is 1.86 bits per heavy atom. The largest absolute Gasteiger partial charge is 0.378 e. The zero-order valence-electron chi connectivity index (χ0n) is 17.3. The number of nitrogens with one attached hydrogen (secondary N) is 2. The molecule has 160 valence electrons. The zero-order chi connectivity index (χ0) is 20.5. The molecule has 1 saturated carbocycles. The van der Waals surface area contributed by atoms with Crippen LogP contribution in [0.3, 0.4) is 0 Å². The molecule has 1 aromatic rings. The summed E-state index contributed by atoms with van der Waals surface area (Å²) in [5, 5.41) is 5.64. The molecule has 2 aliphatic rings. The van der Waals surface area contributed by atoms with Crippen molar-refractivity contribution in [3.05, 3.63) is 29.8 Å². The van der Waals surface area contributed by atoms with E-state index < -0.39 is 0 Å². The molecular weight excluding hydrogens is 370 g/mol. The number of hydrogen-bond donors (Lipinski definition) is 2. The minimum atomic E-state index is -0.248. The molecule has 29 heavy (non-hydrogen) atoms. The van der Waals surface area contributed by atoms with E-state index >= 15 is 0 Å². The normalized spacial score (nSPS) is 22.2. The van der Waals surface area contributed by atoms with Crippen molar-refractivity contribution in [2.45, 2.75) is 45.1 Å². The number of carbonyl (C=O) groups is 2. The number of anilines is 1. The number of amides is 3. The van der Waals surface area contributed by atoms with Crippen molar-refractivity contribution in [1.29, 1.82) is 0 Å². The van der Waals surface area contributed by atoms with Crippen LogP contribution in [-0.4, -0.2) is 62.4 Å². The lowest BCUT2D eigenvalue weighted by molar-refractivity contribution is -0.134. The van der Waals surface area contributed by atoms with Crippen molar-refractivity contribution >= 4 is 17.6 Å². The van der Waals surface area contributed by atoms with Gasteiger partial charge >= 0.3 is 6.03 Å². The molecular formula is C22H33N3O4. The van der Waals surface area contributed by atoms with Crippen LogP contribution in [-0.2, 0) is 20.7 Å². The van der Waals surface area contributed by atoms with Crippen LogP contribution in [0.1, 0.15) is 38.2 Å². The Kier molecular flexibility index (Phi) is 8.31. The van der Waals surface area contributed by atoms with E-state index in [9.17, 15) is 9.59 Å². The van der Waals surface area contributed by atoms with Crippen LogP contribution >= 0.6 is 0 Å². The summed E-state index contributed by atoms with van der Waals surface area (Å²) in [4.78, 5) is 26.2. The molecule has 0 unspecified atom stereocenters. The van der Waals surface area contributed by atoms with Gasteiger partial charge in [-0.3, -0.25) is 4.79 Å². The molecule has 2 fully saturated rings. The molecule has 1 heterocycles. The highest BCUT2D eigenvalue weighted by Crippen LogP contribution is 2.25. The molecule has 0 radical (unpaired) electrons. The average molecular weight is 404 g/mol. The molecule has 1 aromatic carbocycles. The second-order valence-corrected chi connectivity index (χ2v) is 7.92. The van der Waals surface area contributed by atoms with E-state index in [1.165, 1.54) is 19.3 Å². The van der Waals surface area contributed by atoms with E-state index in [1.54, 1.807) is 0 Å². The fourth-order valence-corrected chi connectivity index (χ4v) is 3.89. The standard InChI is InChI=1S/C22H33N3O4/c1-17-4-2-3-5-20(17)29-13-10-23-22(27)24-19-8-6-18(7-9-19)16-21(26)25-11-14-28-15-12-25/h6-9,17,20H,2-5,10-16H2,1H3,(H2,23,24,27)/t17-,20+/m1/s1. The molecule has 1 aliphatic carbocycles. The topological polar surface area (TPSA) is 79.9 Å². The molecule has 7 heteroatoms. The van der Waals surface area contributed by atoms with Crippen LogP contribution < -0.4 is 10.6 Å². The van der Waals surface area contributed by atoms with Gasteiger partial charge in [0.1, 0.15) is 0 Å². The summed E-state index contributed by atoms with van der Waals surface area (Å²) in [5.41, 5.74) is 1.63. The molecule has 1 saturated heterocycles. The maximum atomic E-state index is 12.3. The Morgan fingerprint density at radius 3 is 2.59 bits per heavy atom. The summed E-state index contributed by atoms with van der Waals surface area (Å²) in [6, 6.07) is 7.15. The van der Waals surface area contributed by atoms with Crippen molar-refractivity contribution in [2.24, 2.45) is 5.92 Å². The van der Waals surface area contributed by atoms with Gasteiger partial charge < -0.3 is 25.0 Å². The van der Waals surface area contributed by atoms with E-state index in [2.05, 4.69) is 17.6 Å². The maximum Gasteiger partial charge on any atom is 0.319 e. The van der Waals surface area contributed by atoms with Gasteiger partial charge in [0.2, 0.25) is 5.91 Å². The number of hydrogen-bond acceptors (Lipinski definition) is 4.